The maximum atomic E-state index is 5.57. The third-order valence-corrected chi connectivity index (χ3v) is 1.91. The fourth-order valence-corrected chi connectivity index (χ4v) is 1.19. The third-order valence-electron chi connectivity index (χ3n) is 1.91. The van der Waals surface area contributed by atoms with Crippen LogP contribution in [0, 0.1) is 12.3 Å². The zero-order chi connectivity index (χ0) is 9.80. The first-order valence-electron chi connectivity index (χ1n) is 4.35. The van der Waals surface area contributed by atoms with E-state index in [2.05, 4.69) is 22.3 Å². The van der Waals surface area contributed by atoms with Crippen molar-refractivity contribution in [3.8, 4) is 18.1 Å². The largest absolute Gasteiger partial charge is 0.473 e. The fraction of sp³-hybridized carbons (Fsp3) is 0.200. The molecule has 1 heterocycles. The lowest BCUT2D eigenvalue weighted by Gasteiger charge is -2.11. The predicted molar refractivity (Wildman–Crippen MR) is 53.1 cm³/mol. The van der Waals surface area contributed by atoms with Crippen molar-refractivity contribution < 1.29 is 4.74 Å². The van der Waals surface area contributed by atoms with E-state index in [1.165, 1.54) is 0 Å². The third kappa shape index (κ3) is 2.03. The van der Waals surface area contributed by atoms with Gasteiger partial charge in [-0.1, -0.05) is 5.92 Å². The number of hydrogen-bond acceptors (Lipinski definition) is 4. The van der Waals surface area contributed by atoms with Crippen molar-refractivity contribution in [2.45, 2.75) is 6.23 Å². The van der Waals surface area contributed by atoms with Crippen LogP contribution in [-0.4, -0.2) is 12.8 Å². The van der Waals surface area contributed by atoms with Crippen molar-refractivity contribution in [3.63, 3.8) is 0 Å². The Hall–Kier alpha value is -1.54. The van der Waals surface area contributed by atoms with Gasteiger partial charge in [0.15, 0.2) is 6.23 Å². The van der Waals surface area contributed by atoms with E-state index in [0.29, 0.717) is 0 Å². The lowest BCUT2D eigenvalue weighted by atomic mass is 10.2. The number of nitrogens with one attached hydrogen (secondary N) is 3. The molecule has 0 spiro atoms. The first kappa shape index (κ1) is 9.03. The molecule has 0 bridgehead atoms. The highest BCUT2D eigenvalue weighted by Gasteiger charge is 2.13. The van der Waals surface area contributed by atoms with Crippen LogP contribution in [0.4, 0.5) is 0 Å². The van der Waals surface area contributed by atoms with E-state index in [1.807, 2.05) is 24.3 Å². The van der Waals surface area contributed by atoms with Crippen LogP contribution in [0.1, 0.15) is 5.56 Å². The molecule has 2 rings (SSSR count). The summed E-state index contributed by atoms with van der Waals surface area (Å²) in [4.78, 5) is 0. The summed E-state index contributed by atoms with van der Waals surface area (Å²) in [7, 11) is 0. The zero-order valence-electron chi connectivity index (χ0n) is 7.58. The van der Waals surface area contributed by atoms with E-state index in [1.54, 1.807) is 0 Å². The monoisotopic (exact) mass is 189 g/mol. The number of rotatable bonds is 2. The van der Waals surface area contributed by atoms with Crippen LogP contribution < -0.4 is 21.1 Å². The molecular weight excluding hydrogens is 178 g/mol. The second-order valence-electron chi connectivity index (χ2n) is 2.93. The quantitative estimate of drug-likeness (QED) is 0.572. The highest BCUT2D eigenvalue weighted by atomic mass is 16.5. The van der Waals surface area contributed by atoms with E-state index in [4.69, 9.17) is 11.2 Å². The standard InChI is InChI=1S/C10H11N3O/c1-2-8-3-5-9(6-4-8)14-10-7-11-13-12-10/h1,3-6,10-13H,7H2. The first-order valence-corrected chi connectivity index (χ1v) is 4.35. The molecular formula is C10H11N3O. The van der Waals surface area contributed by atoms with Crippen LogP contribution in [0.15, 0.2) is 24.3 Å². The minimum Gasteiger partial charge on any atom is -0.473 e. The van der Waals surface area contributed by atoms with Gasteiger partial charge in [-0.05, 0) is 24.3 Å². The summed E-state index contributed by atoms with van der Waals surface area (Å²) in [6.45, 7) is 0.719. The van der Waals surface area contributed by atoms with Gasteiger partial charge in [0.2, 0.25) is 0 Å². The zero-order valence-corrected chi connectivity index (χ0v) is 7.58. The van der Waals surface area contributed by atoms with Gasteiger partial charge in [0.05, 0.1) is 6.54 Å². The van der Waals surface area contributed by atoms with Crippen LogP contribution in [0.25, 0.3) is 0 Å². The Bertz CT molecular complexity index is 335. The van der Waals surface area contributed by atoms with E-state index < -0.39 is 0 Å². The Kier molecular flexibility index (Phi) is 2.65. The van der Waals surface area contributed by atoms with Crippen molar-refractivity contribution in [2.24, 2.45) is 0 Å². The van der Waals surface area contributed by atoms with Crippen molar-refractivity contribution >= 4 is 0 Å². The van der Waals surface area contributed by atoms with E-state index in [-0.39, 0.29) is 6.23 Å². The number of benzene rings is 1. The molecule has 0 aliphatic carbocycles. The van der Waals surface area contributed by atoms with Gasteiger partial charge in [-0.3, -0.25) is 0 Å². The molecule has 4 heteroatoms. The molecule has 14 heavy (non-hydrogen) atoms. The number of hydrogen-bond donors (Lipinski definition) is 3. The molecule has 1 atom stereocenters. The second kappa shape index (κ2) is 4.11. The van der Waals surface area contributed by atoms with Crippen LogP contribution in [0.2, 0.25) is 0 Å². The summed E-state index contributed by atoms with van der Waals surface area (Å²) >= 11 is 0. The van der Waals surface area contributed by atoms with Gasteiger partial charge in [-0.15, -0.1) is 6.42 Å². The van der Waals surface area contributed by atoms with Gasteiger partial charge >= 0.3 is 0 Å². The van der Waals surface area contributed by atoms with Crippen molar-refractivity contribution in [1.82, 2.24) is 16.4 Å². The molecule has 0 aromatic heterocycles. The Morgan fingerprint density at radius 3 is 2.71 bits per heavy atom. The average molecular weight is 189 g/mol. The molecule has 1 aliphatic heterocycles. The summed E-state index contributed by atoms with van der Waals surface area (Å²) in [5, 5.41) is 0. The van der Waals surface area contributed by atoms with Crippen LogP contribution in [0.5, 0.6) is 5.75 Å². The highest BCUT2D eigenvalue weighted by molar-refractivity contribution is 5.36. The lowest BCUT2D eigenvalue weighted by Crippen LogP contribution is -2.36. The fourth-order valence-electron chi connectivity index (χ4n) is 1.19. The molecule has 0 radical (unpaired) electrons. The summed E-state index contributed by atoms with van der Waals surface area (Å²) < 4.78 is 5.57. The van der Waals surface area contributed by atoms with Gasteiger partial charge < -0.3 is 4.74 Å². The molecule has 3 N–H and O–H groups in total. The summed E-state index contributed by atoms with van der Waals surface area (Å²) in [6.07, 6.45) is 5.19. The smallest absolute Gasteiger partial charge is 0.177 e. The lowest BCUT2D eigenvalue weighted by molar-refractivity contribution is 0.191. The molecule has 1 aliphatic rings. The van der Waals surface area contributed by atoms with Gasteiger partial charge in [-0.2, -0.15) is 5.53 Å². The van der Waals surface area contributed by atoms with Crippen LogP contribution in [-0.2, 0) is 0 Å². The molecule has 1 unspecified atom stereocenters. The Morgan fingerprint density at radius 2 is 2.14 bits per heavy atom. The van der Waals surface area contributed by atoms with Gasteiger partial charge in [-0.25, -0.2) is 10.9 Å². The number of hydrazine groups is 2. The molecule has 4 nitrogen and oxygen atoms in total. The maximum Gasteiger partial charge on any atom is 0.177 e. The van der Waals surface area contributed by atoms with Crippen molar-refractivity contribution in [2.75, 3.05) is 6.54 Å². The molecule has 72 valence electrons. The van der Waals surface area contributed by atoms with Crippen molar-refractivity contribution in [1.29, 1.82) is 0 Å². The Morgan fingerprint density at radius 1 is 1.36 bits per heavy atom. The van der Waals surface area contributed by atoms with E-state index in [9.17, 15) is 0 Å². The number of terminal acetylenes is 1. The molecule has 0 saturated carbocycles. The summed E-state index contributed by atoms with van der Waals surface area (Å²) in [5.74, 6) is 3.35. The topological polar surface area (TPSA) is 45.3 Å². The molecule has 1 aromatic carbocycles. The van der Waals surface area contributed by atoms with Crippen molar-refractivity contribution in [3.05, 3.63) is 29.8 Å². The molecule has 1 fully saturated rings. The maximum absolute atomic E-state index is 5.57. The van der Waals surface area contributed by atoms with Crippen LogP contribution >= 0.6 is 0 Å². The highest BCUT2D eigenvalue weighted by Crippen LogP contribution is 2.12. The van der Waals surface area contributed by atoms with Gasteiger partial charge in [0, 0.05) is 5.56 Å². The van der Waals surface area contributed by atoms with E-state index in [0.717, 1.165) is 17.9 Å². The first-order chi connectivity index (χ1) is 6.88. The Labute approximate surface area is 82.6 Å². The van der Waals surface area contributed by atoms with Gasteiger partial charge in [0.1, 0.15) is 5.75 Å². The summed E-state index contributed by atoms with van der Waals surface area (Å²) in [6, 6.07) is 7.42. The van der Waals surface area contributed by atoms with Crippen LogP contribution in [0.3, 0.4) is 0 Å². The van der Waals surface area contributed by atoms with Gasteiger partial charge in [0.25, 0.3) is 0 Å². The normalized spacial score (nSPS) is 20.4. The molecule has 0 amide bonds. The SMILES string of the molecule is C#Cc1ccc(OC2CNNN2)cc1. The predicted octanol–water partition coefficient (Wildman–Crippen LogP) is -0.0148. The minimum atomic E-state index is -0.0494. The summed E-state index contributed by atoms with van der Waals surface area (Å²) in [5.41, 5.74) is 9.42. The molecule has 1 aromatic rings. The minimum absolute atomic E-state index is 0.0494. The van der Waals surface area contributed by atoms with E-state index >= 15 is 0 Å². The second-order valence-corrected chi connectivity index (χ2v) is 2.93. The number of ether oxygens (including phenoxy) is 1. The molecule has 1 saturated heterocycles. The average Bonchev–Trinajstić information content (AvgIpc) is 2.72. The Balaban J connectivity index is 1.99.